The normalized spacial score (nSPS) is 18.2. The van der Waals surface area contributed by atoms with Crippen molar-refractivity contribution in [2.75, 3.05) is 0 Å². The zero-order valence-electron chi connectivity index (χ0n) is 10.7. The second kappa shape index (κ2) is 5.85. The number of rotatable bonds is 5. The smallest absolute Gasteiger partial charge is 0.237 e. The zero-order chi connectivity index (χ0) is 13.1. The maximum Gasteiger partial charge on any atom is 0.237 e. The van der Waals surface area contributed by atoms with Gasteiger partial charge in [-0.2, -0.15) is 0 Å². The van der Waals surface area contributed by atoms with Gasteiger partial charge in [-0.25, -0.2) is 0 Å². The van der Waals surface area contributed by atoms with Crippen molar-refractivity contribution < 1.29 is 4.79 Å². The van der Waals surface area contributed by atoms with Gasteiger partial charge in [0.2, 0.25) is 5.91 Å². The number of carbonyl (C=O) groups excluding carboxylic acids is 1. The Morgan fingerprint density at radius 2 is 1.89 bits per heavy atom. The van der Waals surface area contributed by atoms with Gasteiger partial charge in [0.1, 0.15) is 0 Å². The zero-order valence-corrected chi connectivity index (χ0v) is 12.3. The first-order chi connectivity index (χ1) is 8.56. The van der Waals surface area contributed by atoms with Crippen molar-refractivity contribution in [3.05, 3.63) is 34.3 Å². The summed E-state index contributed by atoms with van der Waals surface area (Å²) in [6.07, 6.45) is 2.25. The van der Waals surface area contributed by atoms with Crippen molar-refractivity contribution in [3.8, 4) is 0 Å². The van der Waals surface area contributed by atoms with Gasteiger partial charge in [0.25, 0.3) is 0 Å². The van der Waals surface area contributed by atoms with Crippen LogP contribution in [0.25, 0.3) is 0 Å². The fraction of sp³-hybridized carbons (Fsp3) is 0.500. The molecule has 1 saturated carbocycles. The minimum absolute atomic E-state index is 0.0986. The van der Waals surface area contributed by atoms with E-state index in [9.17, 15) is 4.79 Å². The molecule has 1 fully saturated rings. The molecule has 0 radical (unpaired) electrons. The average molecular weight is 311 g/mol. The lowest BCUT2D eigenvalue weighted by Crippen LogP contribution is -2.43. The molecule has 2 atom stereocenters. The molecule has 1 unspecified atom stereocenters. The molecule has 1 amide bonds. The molecule has 1 aliphatic rings. The van der Waals surface area contributed by atoms with Gasteiger partial charge in [0.05, 0.1) is 6.04 Å². The molecule has 98 valence electrons. The molecule has 0 spiro atoms. The predicted octanol–water partition coefficient (Wildman–Crippen LogP) is 2.77. The van der Waals surface area contributed by atoms with E-state index in [-0.39, 0.29) is 18.0 Å². The minimum atomic E-state index is -0.163. The number of hydrogen-bond acceptors (Lipinski definition) is 2. The Hall–Kier alpha value is -0.870. The maximum atomic E-state index is 11.8. The van der Waals surface area contributed by atoms with Gasteiger partial charge < -0.3 is 5.32 Å². The number of hydrogen-bond donors (Lipinski definition) is 2. The van der Waals surface area contributed by atoms with Gasteiger partial charge in [-0.15, -0.1) is 0 Å². The summed E-state index contributed by atoms with van der Waals surface area (Å²) in [6.45, 7) is 3.98. The molecule has 0 aromatic heterocycles. The van der Waals surface area contributed by atoms with Crippen LogP contribution in [0.2, 0.25) is 0 Å². The fourth-order valence-electron chi connectivity index (χ4n) is 1.85. The second-order valence-electron chi connectivity index (χ2n) is 4.94. The molecule has 18 heavy (non-hydrogen) atoms. The molecule has 1 aliphatic carbocycles. The highest BCUT2D eigenvalue weighted by molar-refractivity contribution is 9.10. The number of benzene rings is 1. The van der Waals surface area contributed by atoms with Gasteiger partial charge >= 0.3 is 0 Å². The van der Waals surface area contributed by atoms with E-state index in [2.05, 4.69) is 45.6 Å². The van der Waals surface area contributed by atoms with Crippen LogP contribution in [0.4, 0.5) is 0 Å². The number of amides is 1. The molecule has 3 nitrogen and oxygen atoms in total. The third-order valence-corrected chi connectivity index (χ3v) is 3.72. The summed E-state index contributed by atoms with van der Waals surface area (Å²) in [6, 6.07) is 8.58. The lowest BCUT2D eigenvalue weighted by molar-refractivity contribution is -0.123. The summed E-state index contributed by atoms with van der Waals surface area (Å²) < 4.78 is 1.07. The Morgan fingerprint density at radius 3 is 2.44 bits per heavy atom. The van der Waals surface area contributed by atoms with E-state index < -0.39 is 0 Å². The van der Waals surface area contributed by atoms with Gasteiger partial charge in [-0.3, -0.25) is 10.1 Å². The van der Waals surface area contributed by atoms with E-state index in [0.29, 0.717) is 6.04 Å². The van der Waals surface area contributed by atoms with Gasteiger partial charge in [-0.1, -0.05) is 28.1 Å². The highest BCUT2D eigenvalue weighted by Crippen LogP contribution is 2.19. The SMILES string of the molecule is CC(N[C@H](C)c1ccc(Br)cc1)C(=O)NC1CC1. The molecule has 1 aromatic carbocycles. The summed E-state index contributed by atoms with van der Waals surface area (Å²) in [5.74, 6) is 0.0986. The number of halogens is 1. The molecular formula is C14H19BrN2O. The van der Waals surface area contributed by atoms with Crippen molar-refractivity contribution in [2.24, 2.45) is 0 Å². The van der Waals surface area contributed by atoms with E-state index in [1.54, 1.807) is 0 Å². The standard InChI is InChI=1S/C14H19BrN2O/c1-9(11-3-5-12(15)6-4-11)16-10(2)14(18)17-13-7-8-13/h3-6,9-10,13,16H,7-8H2,1-2H3,(H,17,18)/t9-,10?/m1/s1. The Bertz CT molecular complexity index is 414. The summed E-state index contributed by atoms with van der Waals surface area (Å²) in [5.41, 5.74) is 1.18. The van der Waals surface area contributed by atoms with Crippen molar-refractivity contribution in [2.45, 2.75) is 44.8 Å². The Balaban J connectivity index is 1.87. The third-order valence-electron chi connectivity index (χ3n) is 3.19. The predicted molar refractivity (Wildman–Crippen MR) is 76.3 cm³/mol. The molecule has 0 heterocycles. The summed E-state index contributed by atoms with van der Waals surface area (Å²) >= 11 is 3.42. The first kappa shape index (κ1) is 13.6. The van der Waals surface area contributed by atoms with Crippen LogP contribution in [0.5, 0.6) is 0 Å². The van der Waals surface area contributed by atoms with Crippen LogP contribution in [0, 0.1) is 0 Å². The lowest BCUT2D eigenvalue weighted by atomic mass is 10.1. The Kier molecular flexibility index (Phi) is 4.40. The van der Waals surface area contributed by atoms with Crippen LogP contribution in [0.3, 0.4) is 0 Å². The quantitative estimate of drug-likeness (QED) is 0.878. The van der Waals surface area contributed by atoms with Crippen molar-refractivity contribution in [3.63, 3.8) is 0 Å². The first-order valence-electron chi connectivity index (χ1n) is 6.38. The van der Waals surface area contributed by atoms with Gasteiger partial charge in [-0.05, 0) is 44.4 Å². The molecule has 0 bridgehead atoms. The monoisotopic (exact) mass is 310 g/mol. The van der Waals surface area contributed by atoms with Gasteiger partial charge in [0, 0.05) is 16.6 Å². The minimum Gasteiger partial charge on any atom is -0.352 e. The Morgan fingerprint density at radius 1 is 1.28 bits per heavy atom. The van der Waals surface area contributed by atoms with E-state index in [0.717, 1.165) is 17.3 Å². The van der Waals surface area contributed by atoms with Crippen LogP contribution >= 0.6 is 15.9 Å². The summed E-state index contributed by atoms with van der Waals surface area (Å²) in [5, 5.41) is 6.33. The van der Waals surface area contributed by atoms with Crippen LogP contribution in [0.15, 0.2) is 28.7 Å². The van der Waals surface area contributed by atoms with E-state index in [1.165, 1.54) is 5.56 Å². The van der Waals surface area contributed by atoms with E-state index in [4.69, 9.17) is 0 Å². The van der Waals surface area contributed by atoms with Crippen molar-refractivity contribution >= 4 is 21.8 Å². The highest BCUT2D eigenvalue weighted by Gasteiger charge is 2.26. The largest absolute Gasteiger partial charge is 0.352 e. The molecule has 2 rings (SSSR count). The molecule has 2 N–H and O–H groups in total. The summed E-state index contributed by atoms with van der Waals surface area (Å²) in [7, 11) is 0. The molecule has 1 aromatic rings. The lowest BCUT2D eigenvalue weighted by Gasteiger charge is -2.20. The second-order valence-corrected chi connectivity index (χ2v) is 5.86. The molecule has 0 saturated heterocycles. The molecule has 4 heteroatoms. The van der Waals surface area contributed by atoms with Crippen LogP contribution in [0.1, 0.15) is 38.3 Å². The topological polar surface area (TPSA) is 41.1 Å². The third kappa shape index (κ3) is 3.82. The summed E-state index contributed by atoms with van der Waals surface area (Å²) in [4.78, 5) is 11.8. The number of carbonyl (C=O) groups is 1. The van der Waals surface area contributed by atoms with Crippen molar-refractivity contribution in [1.29, 1.82) is 0 Å². The Labute approximate surface area is 116 Å². The van der Waals surface area contributed by atoms with Crippen LogP contribution < -0.4 is 10.6 Å². The van der Waals surface area contributed by atoms with Crippen molar-refractivity contribution in [1.82, 2.24) is 10.6 Å². The molecular weight excluding hydrogens is 292 g/mol. The van der Waals surface area contributed by atoms with E-state index in [1.807, 2.05) is 19.1 Å². The molecule has 0 aliphatic heterocycles. The highest BCUT2D eigenvalue weighted by atomic mass is 79.9. The number of nitrogens with one attached hydrogen (secondary N) is 2. The van der Waals surface area contributed by atoms with Crippen LogP contribution in [-0.4, -0.2) is 18.0 Å². The average Bonchev–Trinajstić information content (AvgIpc) is 3.13. The van der Waals surface area contributed by atoms with Crippen LogP contribution in [-0.2, 0) is 4.79 Å². The fourth-order valence-corrected chi connectivity index (χ4v) is 2.12. The maximum absolute atomic E-state index is 11.8. The van der Waals surface area contributed by atoms with E-state index >= 15 is 0 Å². The first-order valence-corrected chi connectivity index (χ1v) is 7.17. The van der Waals surface area contributed by atoms with Gasteiger partial charge in [0.15, 0.2) is 0 Å².